The van der Waals surface area contributed by atoms with E-state index >= 15 is 0 Å². The van der Waals surface area contributed by atoms with E-state index in [1.165, 1.54) is 4.88 Å². The number of aryl methyl sites for hydroxylation is 1. The van der Waals surface area contributed by atoms with Gasteiger partial charge in [0.1, 0.15) is 10.7 Å². The minimum Gasteiger partial charge on any atom is -0.356 e. The molecule has 1 aromatic carbocycles. The Morgan fingerprint density at radius 2 is 2.18 bits per heavy atom. The summed E-state index contributed by atoms with van der Waals surface area (Å²) in [5, 5.41) is 5.86. The summed E-state index contributed by atoms with van der Waals surface area (Å²) in [6, 6.07) is 7.57. The van der Waals surface area contributed by atoms with Crippen molar-refractivity contribution in [2.45, 2.75) is 26.3 Å². The van der Waals surface area contributed by atoms with E-state index in [2.05, 4.69) is 17.1 Å². The van der Waals surface area contributed by atoms with Crippen LogP contribution in [0, 0.1) is 0 Å². The molecule has 0 N–H and O–H groups in total. The van der Waals surface area contributed by atoms with Crippen molar-refractivity contribution in [2.24, 2.45) is 0 Å². The first kappa shape index (κ1) is 14.7. The van der Waals surface area contributed by atoms with E-state index < -0.39 is 0 Å². The highest BCUT2D eigenvalue weighted by Gasteiger charge is 2.16. The Kier molecular flexibility index (Phi) is 4.20. The highest BCUT2D eigenvalue weighted by molar-refractivity contribution is 7.11. The summed E-state index contributed by atoms with van der Waals surface area (Å²) >= 11 is 1.65. The van der Waals surface area contributed by atoms with Gasteiger partial charge in [-0.2, -0.15) is 0 Å². The Bertz CT molecular complexity index is 793. The molecule has 1 amide bonds. The molecule has 2 heterocycles. The van der Waals surface area contributed by atoms with E-state index in [-0.39, 0.29) is 12.3 Å². The monoisotopic (exact) mass is 315 g/mol. The van der Waals surface area contributed by atoms with Gasteiger partial charge in [-0.3, -0.25) is 4.79 Å². The van der Waals surface area contributed by atoms with Gasteiger partial charge in [0.05, 0.1) is 13.0 Å². The topological polar surface area (TPSA) is 59.2 Å². The number of carbonyl (C=O) groups is 1. The van der Waals surface area contributed by atoms with Crippen molar-refractivity contribution < 1.29 is 9.32 Å². The number of hydrogen-bond donors (Lipinski definition) is 0. The lowest BCUT2D eigenvalue weighted by atomic mass is 10.1. The molecule has 0 atom stereocenters. The van der Waals surface area contributed by atoms with Gasteiger partial charge in [0.2, 0.25) is 5.91 Å². The van der Waals surface area contributed by atoms with Crippen molar-refractivity contribution in [3.63, 3.8) is 0 Å². The lowest BCUT2D eigenvalue weighted by Gasteiger charge is -2.14. The standard InChI is InChI=1S/C16H17N3O2S/c1-3-11-9-17-15(22-11)10-19(2)16(20)8-13-12-6-4-5-7-14(12)21-18-13/h4-7,9H,3,8,10H2,1-2H3. The third kappa shape index (κ3) is 3.01. The van der Waals surface area contributed by atoms with Gasteiger partial charge in [0.25, 0.3) is 0 Å². The second kappa shape index (κ2) is 6.27. The number of likely N-dealkylation sites (N-methyl/N-ethyl adjacent to an activating group) is 1. The maximum atomic E-state index is 12.4. The molecule has 0 aliphatic carbocycles. The SMILES string of the molecule is CCc1cnc(CN(C)C(=O)Cc2noc3ccccc23)s1. The van der Waals surface area contributed by atoms with Crippen molar-refractivity contribution >= 4 is 28.2 Å². The van der Waals surface area contributed by atoms with Gasteiger partial charge in [-0.05, 0) is 18.6 Å². The molecular weight excluding hydrogens is 298 g/mol. The number of rotatable bonds is 5. The van der Waals surface area contributed by atoms with Gasteiger partial charge in [-0.25, -0.2) is 4.98 Å². The molecule has 0 saturated heterocycles. The zero-order chi connectivity index (χ0) is 15.5. The van der Waals surface area contributed by atoms with Crippen molar-refractivity contribution in [1.29, 1.82) is 0 Å². The number of amides is 1. The molecule has 0 unspecified atom stereocenters. The summed E-state index contributed by atoms with van der Waals surface area (Å²) in [6.45, 7) is 2.63. The molecule has 5 nitrogen and oxygen atoms in total. The number of hydrogen-bond acceptors (Lipinski definition) is 5. The minimum atomic E-state index is 0.00676. The third-order valence-corrected chi connectivity index (χ3v) is 4.65. The summed E-state index contributed by atoms with van der Waals surface area (Å²) < 4.78 is 5.23. The Labute approximate surface area is 132 Å². The molecule has 0 aliphatic heterocycles. The Morgan fingerprint density at radius 1 is 1.36 bits per heavy atom. The number of carbonyl (C=O) groups excluding carboxylic acids is 1. The van der Waals surface area contributed by atoms with Crippen LogP contribution in [0.4, 0.5) is 0 Å². The molecule has 3 aromatic rings. The fourth-order valence-electron chi connectivity index (χ4n) is 2.22. The van der Waals surface area contributed by atoms with Crippen LogP contribution in [0.25, 0.3) is 11.0 Å². The van der Waals surface area contributed by atoms with Gasteiger partial charge in [-0.1, -0.05) is 24.2 Å². The molecule has 0 saturated carbocycles. The third-order valence-electron chi connectivity index (χ3n) is 3.52. The zero-order valence-electron chi connectivity index (χ0n) is 12.6. The predicted octanol–water partition coefficient (Wildman–Crippen LogP) is 3.05. The van der Waals surface area contributed by atoms with E-state index in [1.807, 2.05) is 30.5 Å². The van der Waals surface area contributed by atoms with Crippen LogP contribution >= 0.6 is 11.3 Å². The number of aromatic nitrogens is 2. The van der Waals surface area contributed by atoms with Crippen LogP contribution in [0.5, 0.6) is 0 Å². The molecule has 6 heteroatoms. The summed E-state index contributed by atoms with van der Waals surface area (Å²) in [5.41, 5.74) is 1.39. The summed E-state index contributed by atoms with van der Waals surface area (Å²) in [7, 11) is 1.79. The number of nitrogens with zero attached hydrogens (tertiary/aromatic N) is 3. The van der Waals surface area contributed by atoms with Crippen LogP contribution in [0.2, 0.25) is 0 Å². The number of thiazole rings is 1. The van der Waals surface area contributed by atoms with E-state index in [9.17, 15) is 4.79 Å². The van der Waals surface area contributed by atoms with E-state index in [4.69, 9.17) is 4.52 Å². The molecule has 0 aliphatic rings. The molecule has 0 spiro atoms. The number of para-hydroxylation sites is 1. The van der Waals surface area contributed by atoms with Gasteiger partial charge < -0.3 is 9.42 Å². The molecule has 114 valence electrons. The van der Waals surface area contributed by atoms with Crippen molar-refractivity contribution in [3.05, 3.63) is 46.0 Å². The molecule has 0 bridgehead atoms. The van der Waals surface area contributed by atoms with Crippen LogP contribution in [-0.4, -0.2) is 28.0 Å². The molecule has 22 heavy (non-hydrogen) atoms. The highest BCUT2D eigenvalue weighted by Crippen LogP contribution is 2.19. The highest BCUT2D eigenvalue weighted by atomic mass is 32.1. The van der Waals surface area contributed by atoms with Gasteiger partial charge in [-0.15, -0.1) is 11.3 Å². The Hall–Kier alpha value is -2.21. The first-order chi connectivity index (χ1) is 10.7. The summed E-state index contributed by atoms with van der Waals surface area (Å²) in [6.07, 6.45) is 3.09. The van der Waals surface area contributed by atoms with E-state index in [0.717, 1.165) is 16.8 Å². The second-order valence-corrected chi connectivity index (χ2v) is 6.33. The second-order valence-electron chi connectivity index (χ2n) is 5.13. The average molecular weight is 315 g/mol. The lowest BCUT2D eigenvalue weighted by molar-refractivity contribution is -0.129. The first-order valence-corrected chi connectivity index (χ1v) is 8.00. The maximum absolute atomic E-state index is 12.4. The van der Waals surface area contributed by atoms with Crippen LogP contribution < -0.4 is 0 Å². The van der Waals surface area contributed by atoms with Crippen LogP contribution in [0.3, 0.4) is 0 Å². The van der Waals surface area contributed by atoms with Crippen molar-refractivity contribution in [1.82, 2.24) is 15.0 Å². The van der Waals surface area contributed by atoms with Crippen LogP contribution in [0.15, 0.2) is 35.0 Å². The molecule has 3 rings (SSSR count). The molecular formula is C16H17N3O2S. The molecule has 0 radical (unpaired) electrons. The van der Waals surface area contributed by atoms with E-state index in [1.54, 1.807) is 23.3 Å². The van der Waals surface area contributed by atoms with Crippen molar-refractivity contribution in [2.75, 3.05) is 7.05 Å². The fourth-order valence-corrected chi connectivity index (χ4v) is 3.14. The van der Waals surface area contributed by atoms with Gasteiger partial charge >= 0.3 is 0 Å². The van der Waals surface area contributed by atoms with Gasteiger partial charge in [0.15, 0.2) is 5.58 Å². The first-order valence-electron chi connectivity index (χ1n) is 7.18. The summed E-state index contributed by atoms with van der Waals surface area (Å²) in [4.78, 5) is 19.6. The maximum Gasteiger partial charge on any atom is 0.228 e. The number of fused-ring (bicyclic) bond motifs is 1. The Morgan fingerprint density at radius 3 is 2.95 bits per heavy atom. The van der Waals surface area contributed by atoms with Crippen molar-refractivity contribution in [3.8, 4) is 0 Å². The predicted molar refractivity (Wildman–Crippen MR) is 85.7 cm³/mol. The smallest absolute Gasteiger partial charge is 0.228 e. The summed E-state index contributed by atoms with van der Waals surface area (Å²) in [5.74, 6) is 0.00676. The fraction of sp³-hybridized carbons (Fsp3) is 0.312. The largest absolute Gasteiger partial charge is 0.356 e. The lowest BCUT2D eigenvalue weighted by Crippen LogP contribution is -2.27. The molecule has 0 fully saturated rings. The average Bonchev–Trinajstić information content (AvgIpc) is 3.14. The zero-order valence-corrected chi connectivity index (χ0v) is 13.4. The normalized spacial score (nSPS) is 11.0. The van der Waals surface area contributed by atoms with Crippen LogP contribution in [0.1, 0.15) is 22.5 Å². The van der Waals surface area contributed by atoms with E-state index in [0.29, 0.717) is 17.8 Å². The van der Waals surface area contributed by atoms with Crippen LogP contribution in [-0.2, 0) is 24.2 Å². The quantitative estimate of drug-likeness (QED) is 0.726. The number of benzene rings is 1. The molecule has 2 aromatic heterocycles. The van der Waals surface area contributed by atoms with Gasteiger partial charge in [0, 0.05) is 23.5 Å². The Balaban J connectivity index is 1.68. The minimum absolute atomic E-state index is 0.00676.